The first-order valence-corrected chi connectivity index (χ1v) is 7.96. The maximum absolute atomic E-state index is 12.8. The van der Waals surface area contributed by atoms with Crippen molar-refractivity contribution in [2.75, 3.05) is 5.32 Å². The monoisotopic (exact) mass is 349 g/mol. The zero-order valence-corrected chi connectivity index (χ0v) is 13.7. The summed E-state index contributed by atoms with van der Waals surface area (Å²) in [6.07, 6.45) is 3.14. The van der Waals surface area contributed by atoms with Crippen LogP contribution in [0, 0.1) is 0 Å². The smallest absolute Gasteiger partial charge is 0.256 e. The maximum atomic E-state index is 12.8. The molecule has 0 fully saturated rings. The van der Waals surface area contributed by atoms with Crippen LogP contribution in [0.3, 0.4) is 0 Å². The molecule has 0 aliphatic rings. The average molecular weight is 350 g/mol. The summed E-state index contributed by atoms with van der Waals surface area (Å²) in [5, 5.41) is 3.78. The first-order valence-electron chi connectivity index (χ1n) is 7.58. The number of aromatic nitrogens is 2. The van der Waals surface area contributed by atoms with E-state index < -0.39 is 0 Å². The summed E-state index contributed by atoms with van der Waals surface area (Å²) in [5.74, 6) is 0.306. The third-order valence-corrected chi connectivity index (χ3v) is 4.04. The molecule has 1 aromatic carbocycles. The van der Waals surface area contributed by atoms with Crippen LogP contribution in [0.1, 0.15) is 10.4 Å². The fourth-order valence-corrected chi connectivity index (χ4v) is 2.75. The normalized spacial score (nSPS) is 10.8. The van der Waals surface area contributed by atoms with Crippen LogP contribution >= 0.6 is 11.6 Å². The molecule has 1 amide bonds. The van der Waals surface area contributed by atoms with Gasteiger partial charge in [-0.15, -0.1) is 0 Å². The summed E-state index contributed by atoms with van der Waals surface area (Å²) in [6, 6.07) is 16.2. The summed E-state index contributed by atoms with van der Waals surface area (Å²) >= 11 is 6.03. The Morgan fingerprint density at radius 3 is 2.76 bits per heavy atom. The van der Waals surface area contributed by atoms with Crippen LogP contribution in [0.2, 0.25) is 5.15 Å². The average Bonchev–Trinajstić information content (AvgIpc) is 3.17. The Labute approximate surface area is 148 Å². The van der Waals surface area contributed by atoms with Crippen molar-refractivity contribution in [3.8, 4) is 11.5 Å². The van der Waals surface area contributed by atoms with Crippen molar-refractivity contribution in [3.05, 3.63) is 77.8 Å². The lowest BCUT2D eigenvalue weighted by atomic mass is 10.1. The number of hydrogen-bond donors (Lipinski definition) is 1. The van der Waals surface area contributed by atoms with Crippen molar-refractivity contribution in [2.24, 2.45) is 0 Å². The van der Waals surface area contributed by atoms with E-state index in [1.165, 1.54) is 0 Å². The number of rotatable bonds is 3. The second kappa shape index (κ2) is 6.37. The van der Waals surface area contributed by atoms with Gasteiger partial charge in [0.05, 0.1) is 23.0 Å². The third kappa shape index (κ3) is 2.97. The van der Waals surface area contributed by atoms with Gasteiger partial charge in [-0.2, -0.15) is 0 Å². The minimum absolute atomic E-state index is 0.237. The van der Waals surface area contributed by atoms with Gasteiger partial charge in [0.1, 0.15) is 5.69 Å². The van der Waals surface area contributed by atoms with Gasteiger partial charge in [0.2, 0.25) is 0 Å². The molecule has 25 heavy (non-hydrogen) atoms. The largest absolute Gasteiger partial charge is 0.463 e. The zero-order valence-electron chi connectivity index (χ0n) is 12.9. The number of carbonyl (C=O) groups is 1. The van der Waals surface area contributed by atoms with Crippen LogP contribution in [0.15, 0.2) is 71.5 Å². The molecule has 3 aromatic heterocycles. The quantitative estimate of drug-likeness (QED) is 0.540. The van der Waals surface area contributed by atoms with E-state index in [-0.39, 0.29) is 11.1 Å². The summed E-state index contributed by atoms with van der Waals surface area (Å²) in [4.78, 5) is 21.4. The fourth-order valence-electron chi connectivity index (χ4n) is 2.58. The van der Waals surface area contributed by atoms with Gasteiger partial charge < -0.3 is 9.73 Å². The van der Waals surface area contributed by atoms with Gasteiger partial charge >= 0.3 is 0 Å². The van der Waals surface area contributed by atoms with Crippen molar-refractivity contribution in [1.82, 2.24) is 9.97 Å². The molecule has 4 rings (SSSR count). The van der Waals surface area contributed by atoms with Crippen molar-refractivity contribution < 1.29 is 9.21 Å². The van der Waals surface area contributed by atoms with Gasteiger partial charge in [-0.3, -0.25) is 4.79 Å². The van der Waals surface area contributed by atoms with E-state index in [4.69, 9.17) is 16.0 Å². The molecule has 3 heterocycles. The van der Waals surface area contributed by atoms with E-state index in [1.807, 2.05) is 24.3 Å². The zero-order chi connectivity index (χ0) is 17.2. The predicted molar refractivity (Wildman–Crippen MR) is 96.6 cm³/mol. The minimum Gasteiger partial charge on any atom is -0.463 e. The van der Waals surface area contributed by atoms with Gasteiger partial charge in [-0.05, 0) is 36.4 Å². The van der Waals surface area contributed by atoms with Gasteiger partial charge in [0.25, 0.3) is 5.91 Å². The van der Waals surface area contributed by atoms with E-state index >= 15 is 0 Å². The van der Waals surface area contributed by atoms with Gasteiger partial charge in [0.15, 0.2) is 10.9 Å². The highest BCUT2D eigenvalue weighted by atomic mass is 35.5. The summed E-state index contributed by atoms with van der Waals surface area (Å²) in [6.45, 7) is 0. The SMILES string of the molecule is O=C(Nc1cccnc1Cl)c1cc(-c2ccco2)nc2ccccc12. The minimum atomic E-state index is -0.290. The molecule has 0 spiro atoms. The molecular formula is C19H12ClN3O2. The molecule has 0 saturated heterocycles. The lowest BCUT2D eigenvalue weighted by Gasteiger charge is -2.10. The Balaban J connectivity index is 1.82. The molecule has 4 aromatic rings. The Morgan fingerprint density at radius 1 is 1.08 bits per heavy atom. The standard InChI is InChI=1S/C19H12ClN3O2/c20-18-15(7-3-9-21-18)23-19(24)13-11-16(17-8-4-10-25-17)22-14-6-2-1-5-12(13)14/h1-11H,(H,23,24). The number of furan rings is 1. The number of benzene rings is 1. The molecule has 0 aliphatic carbocycles. The predicted octanol–water partition coefficient (Wildman–Crippen LogP) is 4.80. The van der Waals surface area contributed by atoms with Crippen LogP contribution < -0.4 is 5.32 Å². The fraction of sp³-hybridized carbons (Fsp3) is 0. The molecule has 0 radical (unpaired) electrons. The molecule has 1 N–H and O–H groups in total. The van der Waals surface area contributed by atoms with Crippen molar-refractivity contribution in [2.45, 2.75) is 0 Å². The number of para-hydroxylation sites is 1. The first-order chi connectivity index (χ1) is 12.2. The van der Waals surface area contributed by atoms with E-state index in [1.54, 1.807) is 42.8 Å². The van der Waals surface area contributed by atoms with E-state index in [2.05, 4.69) is 15.3 Å². The summed E-state index contributed by atoms with van der Waals surface area (Å²) in [5.41, 5.74) is 2.23. The topological polar surface area (TPSA) is 68.0 Å². The molecule has 6 heteroatoms. The van der Waals surface area contributed by atoms with Gasteiger partial charge in [-0.25, -0.2) is 9.97 Å². The first kappa shape index (κ1) is 15.4. The van der Waals surface area contributed by atoms with Crippen molar-refractivity contribution >= 4 is 34.1 Å². The van der Waals surface area contributed by atoms with Crippen LogP contribution in [0.25, 0.3) is 22.4 Å². The molecule has 0 saturated carbocycles. The van der Waals surface area contributed by atoms with Gasteiger partial charge in [0, 0.05) is 11.6 Å². The molecular weight excluding hydrogens is 338 g/mol. The third-order valence-electron chi connectivity index (χ3n) is 3.74. The lowest BCUT2D eigenvalue weighted by Crippen LogP contribution is -2.13. The molecule has 0 unspecified atom stereocenters. The summed E-state index contributed by atoms with van der Waals surface area (Å²) in [7, 11) is 0. The molecule has 0 atom stereocenters. The van der Waals surface area contributed by atoms with Crippen LogP contribution in [-0.2, 0) is 0 Å². The van der Waals surface area contributed by atoms with Crippen molar-refractivity contribution in [3.63, 3.8) is 0 Å². The number of carbonyl (C=O) groups excluding carboxylic acids is 1. The second-order valence-electron chi connectivity index (χ2n) is 5.35. The maximum Gasteiger partial charge on any atom is 0.256 e. The highest BCUT2D eigenvalue weighted by Gasteiger charge is 2.16. The van der Waals surface area contributed by atoms with Crippen LogP contribution in [-0.4, -0.2) is 15.9 Å². The molecule has 122 valence electrons. The number of halogens is 1. The number of fused-ring (bicyclic) bond motifs is 1. The Kier molecular flexibility index (Phi) is 3.91. The number of pyridine rings is 2. The highest BCUT2D eigenvalue weighted by molar-refractivity contribution is 6.32. The molecule has 5 nitrogen and oxygen atoms in total. The van der Waals surface area contributed by atoms with E-state index in [9.17, 15) is 4.79 Å². The lowest BCUT2D eigenvalue weighted by molar-refractivity contribution is 0.102. The van der Waals surface area contributed by atoms with Crippen LogP contribution in [0.4, 0.5) is 5.69 Å². The summed E-state index contributed by atoms with van der Waals surface area (Å²) < 4.78 is 5.42. The highest BCUT2D eigenvalue weighted by Crippen LogP contribution is 2.26. The molecule has 0 aliphatic heterocycles. The number of nitrogens with zero attached hydrogens (tertiary/aromatic N) is 2. The number of hydrogen-bond acceptors (Lipinski definition) is 4. The number of nitrogens with one attached hydrogen (secondary N) is 1. The van der Waals surface area contributed by atoms with Gasteiger partial charge in [-0.1, -0.05) is 29.8 Å². The van der Waals surface area contributed by atoms with E-state index in [0.29, 0.717) is 28.2 Å². The Hall–Kier alpha value is -3.18. The van der Waals surface area contributed by atoms with Crippen LogP contribution in [0.5, 0.6) is 0 Å². The van der Waals surface area contributed by atoms with E-state index in [0.717, 1.165) is 5.39 Å². The number of anilines is 1. The second-order valence-corrected chi connectivity index (χ2v) is 5.70. The Morgan fingerprint density at radius 2 is 1.96 bits per heavy atom. The van der Waals surface area contributed by atoms with Crippen molar-refractivity contribution in [1.29, 1.82) is 0 Å². The molecule has 0 bridgehead atoms. The number of amides is 1. The Bertz CT molecular complexity index is 1060.